The van der Waals surface area contributed by atoms with Crippen LogP contribution < -0.4 is 5.32 Å². The number of rotatable bonds is 4. The minimum Gasteiger partial charge on any atom is -0.328 e. The molecule has 5 rings (SSSR count). The van der Waals surface area contributed by atoms with Crippen LogP contribution in [0.15, 0.2) is 24.5 Å². The lowest BCUT2D eigenvalue weighted by molar-refractivity contribution is -0.117. The SMILES string of the molecule is Cc1cnc(NC(=O)CN2C[C@@]3(CC3(F)F)c3c(ccc(C4CC4)c3F)C2=O)nc1. The van der Waals surface area contributed by atoms with E-state index < -0.39 is 48.5 Å². The van der Waals surface area contributed by atoms with Crippen molar-refractivity contribution in [3.8, 4) is 0 Å². The van der Waals surface area contributed by atoms with Crippen molar-refractivity contribution in [1.82, 2.24) is 14.9 Å². The van der Waals surface area contributed by atoms with Crippen LogP contribution in [0.4, 0.5) is 19.1 Å². The van der Waals surface area contributed by atoms with Gasteiger partial charge in [-0.05, 0) is 42.9 Å². The third-order valence-electron chi connectivity index (χ3n) is 6.11. The number of amides is 2. The van der Waals surface area contributed by atoms with Crippen LogP contribution >= 0.6 is 0 Å². The zero-order valence-electron chi connectivity index (χ0n) is 16.2. The second-order valence-corrected chi connectivity index (χ2v) is 8.42. The lowest BCUT2D eigenvalue weighted by atomic mass is 9.83. The summed E-state index contributed by atoms with van der Waals surface area (Å²) in [5.41, 5.74) is -0.820. The first-order chi connectivity index (χ1) is 14.2. The number of benzene rings is 1. The highest BCUT2D eigenvalue weighted by Gasteiger charge is 2.75. The number of alkyl halides is 2. The number of fused-ring (bicyclic) bond motifs is 2. The first-order valence-electron chi connectivity index (χ1n) is 9.80. The average Bonchev–Trinajstić information content (AvgIpc) is 3.59. The molecule has 2 heterocycles. The maximum atomic E-state index is 15.2. The Morgan fingerprint density at radius 1 is 1.27 bits per heavy atom. The van der Waals surface area contributed by atoms with Gasteiger partial charge in [0.2, 0.25) is 11.9 Å². The van der Waals surface area contributed by atoms with E-state index in [1.54, 1.807) is 6.92 Å². The van der Waals surface area contributed by atoms with Gasteiger partial charge in [-0.2, -0.15) is 0 Å². The smallest absolute Gasteiger partial charge is 0.260 e. The first kappa shape index (κ1) is 19.0. The third kappa shape index (κ3) is 2.86. The number of halogens is 3. The Labute approximate surface area is 170 Å². The highest BCUT2D eigenvalue weighted by Crippen LogP contribution is 2.65. The molecular weight excluding hydrogens is 397 g/mol. The quantitative estimate of drug-likeness (QED) is 0.831. The Morgan fingerprint density at radius 3 is 2.53 bits per heavy atom. The fourth-order valence-corrected chi connectivity index (χ4v) is 4.29. The molecule has 1 atom stereocenters. The molecule has 1 spiro atoms. The van der Waals surface area contributed by atoms with Crippen LogP contribution in [0.2, 0.25) is 0 Å². The fraction of sp³-hybridized carbons (Fsp3) is 0.429. The van der Waals surface area contributed by atoms with E-state index in [4.69, 9.17) is 0 Å². The zero-order valence-corrected chi connectivity index (χ0v) is 16.2. The Bertz CT molecular complexity index is 1070. The van der Waals surface area contributed by atoms with E-state index in [1.165, 1.54) is 24.5 Å². The number of aryl methyl sites for hydroxylation is 1. The van der Waals surface area contributed by atoms with E-state index in [0.717, 1.165) is 23.3 Å². The summed E-state index contributed by atoms with van der Waals surface area (Å²) in [6, 6.07) is 2.94. The molecule has 3 aliphatic rings. The van der Waals surface area contributed by atoms with E-state index in [9.17, 15) is 18.4 Å². The molecule has 2 amide bonds. The molecule has 6 nitrogen and oxygen atoms in total. The van der Waals surface area contributed by atoms with Crippen molar-refractivity contribution in [3.05, 3.63) is 52.6 Å². The lowest BCUT2D eigenvalue weighted by Crippen LogP contribution is -2.49. The predicted molar refractivity (Wildman–Crippen MR) is 101 cm³/mol. The van der Waals surface area contributed by atoms with Gasteiger partial charge in [-0.25, -0.2) is 23.1 Å². The summed E-state index contributed by atoms with van der Waals surface area (Å²) in [6.07, 6.45) is 4.14. The van der Waals surface area contributed by atoms with Crippen molar-refractivity contribution in [1.29, 1.82) is 0 Å². The summed E-state index contributed by atoms with van der Waals surface area (Å²) >= 11 is 0. The average molecular weight is 416 g/mol. The summed E-state index contributed by atoms with van der Waals surface area (Å²) in [5, 5.41) is 2.46. The topological polar surface area (TPSA) is 75.2 Å². The van der Waals surface area contributed by atoms with Crippen LogP contribution in [0.5, 0.6) is 0 Å². The van der Waals surface area contributed by atoms with Crippen LogP contribution in [-0.2, 0) is 10.2 Å². The minimum atomic E-state index is -3.12. The van der Waals surface area contributed by atoms with Gasteiger partial charge in [0.1, 0.15) is 12.4 Å². The monoisotopic (exact) mass is 416 g/mol. The number of nitrogens with zero attached hydrogens (tertiary/aromatic N) is 3. The molecule has 0 radical (unpaired) electrons. The molecular formula is C21H19F3N4O2. The van der Waals surface area contributed by atoms with Crippen LogP contribution in [0.3, 0.4) is 0 Å². The van der Waals surface area contributed by atoms with Crippen molar-refractivity contribution in [2.24, 2.45) is 0 Å². The van der Waals surface area contributed by atoms with Crippen LogP contribution in [-0.4, -0.2) is 45.7 Å². The Kier molecular flexibility index (Phi) is 3.97. The van der Waals surface area contributed by atoms with Crippen molar-refractivity contribution < 1.29 is 22.8 Å². The predicted octanol–water partition coefficient (Wildman–Crippen LogP) is 3.17. The van der Waals surface area contributed by atoms with Gasteiger partial charge in [-0.15, -0.1) is 0 Å². The molecule has 1 N–H and O–H groups in total. The Balaban J connectivity index is 1.44. The molecule has 1 aliphatic heterocycles. The summed E-state index contributed by atoms with van der Waals surface area (Å²) in [4.78, 5) is 34.3. The second-order valence-electron chi connectivity index (χ2n) is 8.42. The molecule has 0 saturated heterocycles. The Hall–Kier alpha value is -2.97. The Morgan fingerprint density at radius 2 is 1.93 bits per heavy atom. The molecule has 9 heteroatoms. The molecule has 30 heavy (non-hydrogen) atoms. The van der Waals surface area contributed by atoms with E-state index in [0.29, 0.717) is 5.56 Å². The maximum Gasteiger partial charge on any atom is 0.260 e. The van der Waals surface area contributed by atoms with Gasteiger partial charge in [0.25, 0.3) is 11.8 Å². The summed E-state index contributed by atoms with van der Waals surface area (Å²) in [7, 11) is 0. The molecule has 2 saturated carbocycles. The van der Waals surface area contributed by atoms with E-state index >= 15 is 4.39 Å². The van der Waals surface area contributed by atoms with Crippen molar-refractivity contribution >= 4 is 17.8 Å². The van der Waals surface area contributed by atoms with E-state index in [2.05, 4.69) is 15.3 Å². The molecule has 0 bridgehead atoms. The molecule has 2 aromatic rings. The lowest BCUT2D eigenvalue weighted by Gasteiger charge is -2.35. The molecule has 1 aromatic carbocycles. The van der Waals surface area contributed by atoms with Gasteiger partial charge < -0.3 is 4.90 Å². The maximum absolute atomic E-state index is 15.2. The van der Waals surface area contributed by atoms with Gasteiger partial charge in [-0.1, -0.05) is 6.07 Å². The first-order valence-corrected chi connectivity index (χ1v) is 9.80. The van der Waals surface area contributed by atoms with Gasteiger partial charge in [0.15, 0.2) is 0 Å². The molecule has 156 valence electrons. The summed E-state index contributed by atoms with van der Waals surface area (Å²) < 4.78 is 44.2. The van der Waals surface area contributed by atoms with E-state index in [1.807, 2.05) is 0 Å². The number of carbonyl (C=O) groups is 2. The number of nitrogens with one attached hydrogen (secondary N) is 1. The highest BCUT2D eigenvalue weighted by atomic mass is 19.3. The van der Waals surface area contributed by atoms with Crippen molar-refractivity contribution in [2.45, 2.75) is 43.4 Å². The number of anilines is 1. The third-order valence-corrected chi connectivity index (χ3v) is 6.11. The van der Waals surface area contributed by atoms with Gasteiger partial charge in [-0.3, -0.25) is 14.9 Å². The van der Waals surface area contributed by atoms with Crippen LogP contribution in [0, 0.1) is 12.7 Å². The van der Waals surface area contributed by atoms with Gasteiger partial charge in [0.05, 0.1) is 5.41 Å². The zero-order chi connectivity index (χ0) is 21.3. The van der Waals surface area contributed by atoms with E-state index in [-0.39, 0.29) is 23.0 Å². The number of carbonyl (C=O) groups excluding carboxylic acids is 2. The summed E-state index contributed by atoms with van der Waals surface area (Å²) in [5.74, 6) is -4.95. The highest BCUT2D eigenvalue weighted by molar-refractivity contribution is 6.01. The van der Waals surface area contributed by atoms with Crippen molar-refractivity contribution in [2.75, 3.05) is 18.4 Å². The molecule has 2 aliphatic carbocycles. The molecule has 2 fully saturated rings. The second kappa shape index (κ2) is 6.26. The number of aromatic nitrogens is 2. The van der Waals surface area contributed by atoms with Crippen LogP contribution in [0.25, 0.3) is 0 Å². The van der Waals surface area contributed by atoms with Crippen molar-refractivity contribution in [3.63, 3.8) is 0 Å². The minimum absolute atomic E-state index is 0.0353. The summed E-state index contributed by atoms with van der Waals surface area (Å²) in [6.45, 7) is 0.941. The van der Waals surface area contributed by atoms with Gasteiger partial charge >= 0.3 is 0 Å². The molecule has 1 aromatic heterocycles. The normalized spacial score (nSPS) is 24.0. The van der Waals surface area contributed by atoms with Gasteiger partial charge in [0, 0.05) is 36.5 Å². The molecule has 0 unspecified atom stereocenters. The number of hydrogen-bond donors (Lipinski definition) is 1. The standard InChI is InChI=1S/C21H19F3N4O2/c1-11-6-25-19(26-7-11)27-15(29)8-28-10-20(9-21(20,23)24)16-14(18(28)30)5-4-13(17(16)22)12-2-3-12/h4-7,12H,2-3,8-10H2,1H3,(H,25,26,27,29)/t20-/m0/s1. The van der Waals surface area contributed by atoms with Crippen LogP contribution in [0.1, 0.15) is 52.2 Å². The largest absolute Gasteiger partial charge is 0.328 e. The fourth-order valence-electron chi connectivity index (χ4n) is 4.29. The number of hydrogen-bond acceptors (Lipinski definition) is 4.